The minimum atomic E-state index is -0.485. The van der Waals surface area contributed by atoms with Crippen molar-refractivity contribution in [3.05, 3.63) is 42.2 Å². The van der Waals surface area contributed by atoms with Crippen molar-refractivity contribution >= 4 is 22.7 Å². The van der Waals surface area contributed by atoms with Gasteiger partial charge in [-0.05, 0) is 29.8 Å². The molecule has 0 saturated heterocycles. The van der Waals surface area contributed by atoms with Crippen LogP contribution >= 0.6 is 0 Å². The normalized spacial score (nSPS) is 10.8. The van der Waals surface area contributed by atoms with Crippen LogP contribution in [0, 0.1) is 5.82 Å². The second-order valence-electron chi connectivity index (χ2n) is 4.57. The third kappa shape index (κ3) is 2.31. The molecule has 1 heterocycles. The molecule has 5 nitrogen and oxygen atoms in total. The van der Waals surface area contributed by atoms with Crippen molar-refractivity contribution in [1.29, 1.82) is 0 Å². The van der Waals surface area contributed by atoms with E-state index in [0.717, 1.165) is 17.0 Å². The maximum atomic E-state index is 13.1. The van der Waals surface area contributed by atoms with Gasteiger partial charge in [-0.3, -0.25) is 0 Å². The fourth-order valence-electron chi connectivity index (χ4n) is 2.25. The van der Waals surface area contributed by atoms with Crippen LogP contribution < -0.4 is 11.1 Å². The number of phenolic OH excluding ortho intramolecular Hbond substituents is 1. The summed E-state index contributed by atoms with van der Waals surface area (Å²) in [5, 5.41) is 13.6. The number of nitrogens with one attached hydrogen (secondary N) is 1. The van der Waals surface area contributed by atoms with Crippen LogP contribution in [-0.4, -0.2) is 22.1 Å². The van der Waals surface area contributed by atoms with Gasteiger partial charge in [-0.15, -0.1) is 0 Å². The molecular weight excluding hydrogens is 271 g/mol. The van der Waals surface area contributed by atoms with E-state index in [9.17, 15) is 9.50 Å². The monoisotopic (exact) mass is 284 g/mol. The van der Waals surface area contributed by atoms with Crippen molar-refractivity contribution < 1.29 is 9.50 Å². The number of aromatic nitrogens is 2. The number of aromatic hydroxyl groups is 1. The smallest absolute Gasteiger partial charge is 0.222 e. The highest BCUT2D eigenvalue weighted by Gasteiger charge is 2.09. The van der Waals surface area contributed by atoms with Gasteiger partial charge in [0.05, 0.1) is 5.52 Å². The van der Waals surface area contributed by atoms with E-state index in [1.165, 1.54) is 12.1 Å². The largest absolute Gasteiger partial charge is 0.507 e. The van der Waals surface area contributed by atoms with Gasteiger partial charge >= 0.3 is 0 Å². The number of nitrogens with zero attached hydrogens (tertiary/aromatic N) is 2. The first-order valence-corrected chi connectivity index (χ1v) is 6.32. The van der Waals surface area contributed by atoms with E-state index in [0.29, 0.717) is 16.9 Å². The summed E-state index contributed by atoms with van der Waals surface area (Å²) in [5.74, 6) is 0.186. The van der Waals surface area contributed by atoms with Gasteiger partial charge < -0.3 is 16.2 Å². The summed E-state index contributed by atoms with van der Waals surface area (Å²) in [4.78, 5) is 8.30. The molecule has 0 radical (unpaired) electrons. The molecule has 0 aliphatic rings. The number of hydrogen-bond donors (Lipinski definition) is 3. The predicted octanol–water partition coefficient (Wildman–Crippen LogP) is 2.77. The highest BCUT2D eigenvalue weighted by Crippen LogP contribution is 2.32. The quantitative estimate of drug-likeness (QED) is 0.674. The van der Waals surface area contributed by atoms with Crippen molar-refractivity contribution in [3.63, 3.8) is 0 Å². The van der Waals surface area contributed by atoms with Crippen LogP contribution in [-0.2, 0) is 0 Å². The lowest BCUT2D eigenvalue weighted by atomic mass is 10.0. The second kappa shape index (κ2) is 4.90. The van der Waals surface area contributed by atoms with Gasteiger partial charge in [0.25, 0.3) is 0 Å². The summed E-state index contributed by atoms with van der Waals surface area (Å²) < 4.78 is 13.1. The average Bonchev–Trinajstić information content (AvgIpc) is 2.45. The van der Waals surface area contributed by atoms with Crippen LogP contribution in [0.4, 0.5) is 16.2 Å². The zero-order valence-corrected chi connectivity index (χ0v) is 11.3. The minimum Gasteiger partial charge on any atom is -0.507 e. The Kier molecular flexibility index (Phi) is 3.06. The van der Waals surface area contributed by atoms with Gasteiger partial charge in [0.1, 0.15) is 17.4 Å². The topological polar surface area (TPSA) is 84.1 Å². The Morgan fingerprint density at radius 3 is 2.67 bits per heavy atom. The summed E-state index contributed by atoms with van der Waals surface area (Å²) >= 11 is 0. The third-order valence-electron chi connectivity index (χ3n) is 3.22. The Labute approximate surface area is 120 Å². The van der Waals surface area contributed by atoms with Crippen molar-refractivity contribution in [2.75, 3.05) is 18.1 Å². The van der Waals surface area contributed by atoms with Gasteiger partial charge in [-0.2, -0.15) is 4.98 Å². The van der Waals surface area contributed by atoms with Gasteiger partial charge in [-0.1, -0.05) is 6.07 Å². The van der Waals surface area contributed by atoms with Crippen molar-refractivity contribution in [2.45, 2.75) is 0 Å². The molecule has 0 fully saturated rings. The highest BCUT2D eigenvalue weighted by molar-refractivity contribution is 5.93. The number of halogens is 1. The van der Waals surface area contributed by atoms with Gasteiger partial charge in [-0.25, -0.2) is 9.37 Å². The Morgan fingerprint density at radius 1 is 1.14 bits per heavy atom. The lowest BCUT2D eigenvalue weighted by molar-refractivity contribution is 0.471. The van der Waals surface area contributed by atoms with E-state index >= 15 is 0 Å². The van der Waals surface area contributed by atoms with Crippen LogP contribution in [0.3, 0.4) is 0 Å². The number of hydrogen-bond acceptors (Lipinski definition) is 5. The fourth-order valence-corrected chi connectivity index (χ4v) is 2.25. The predicted molar refractivity (Wildman–Crippen MR) is 80.6 cm³/mol. The second-order valence-corrected chi connectivity index (χ2v) is 4.57. The van der Waals surface area contributed by atoms with Crippen molar-refractivity contribution in [3.8, 4) is 16.9 Å². The summed E-state index contributed by atoms with van der Waals surface area (Å²) in [6.07, 6.45) is 0. The van der Waals surface area contributed by atoms with Gasteiger partial charge in [0, 0.05) is 24.1 Å². The summed E-state index contributed by atoms with van der Waals surface area (Å²) in [6.45, 7) is 0. The molecular formula is C15H13FN4O. The first kappa shape index (κ1) is 13.1. The third-order valence-corrected chi connectivity index (χ3v) is 3.22. The molecule has 4 N–H and O–H groups in total. The number of anilines is 2. The maximum absolute atomic E-state index is 13.1. The van der Waals surface area contributed by atoms with E-state index in [2.05, 4.69) is 15.3 Å². The number of nitrogen functional groups attached to an aromatic ring is 1. The summed E-state index contributed by atoms with van der Waals surface area (Å²) in [5.41, 5.74) is 7.58. The molecule has 1 aromatic heterocycles. The number of phenols is 1. The first-order valence-electron chi connectivity index (χ1n) is 6.32. The number of rotatable bonds is 2. The van der Waals surface area contributed by atoms with Crippen molar-refractivity contribution in [1.82, 2.24) is 9.97 Å². The Balaban J connectivity index is 2.21. The molecule has 0 spiro atoms. The number of nitrogens with two attached hydrogens (primary N) is 1. The highest BCUT2D eigenvalue weighted by atomic mass is 19.1. The molecule has 21 heavy (non-hydrogen) atoms. The number of benzene rings is 2. The molecule has 0 saturated carbocycles. The van der Waals surface area contributed by atoms with Gasteiger partial charge in [0.2, 0.25) is 5.95 Å². The molecule has 0 unspecified atom stereocenters. The minimum absolute atomic E-state index is 0.120. The Bertz CT molecular complexity index is 835. The number of fused-ring (bicyclic) bond motifs is 1. The summed E-state index contributed by atoms with van der Waals surface area (Å²) in [6, 6.07) is 9.32. The van der Waals surface area contributed by atoms with Crippen LogP contribution in [0.2, 0.25) is 0 Å². The van der Waals surface area contributed by atoms with Crippen LogP contribution in [0.5, 0.6) is 5.75 Å². The van der Waals surface area contributed by atoms with Crippen LogP contribution in [0.15, 0.2) is 36.4 Å². The summed E-state index contributed by atoms with van der Waals surface area (Å²) in [7, 11) is 1.75. The van der Waals surface area contributed by atoms with E-state index in [4.69, 9.17) is 5.73 Å². The Morgan fingerprint density at radius 2 is 1.95 bits per heavy atom. The van der Waals surface area contributed by atoms with E-state index < -0.39 is 5.82 Å². The molecule has 106 valence electrons. The van der Waals surface area contributed by atoms with E-state index in [-0.39, 0.29) is 11.7 Å². The molecule has 0 bridgehead atoms. The maximum Gasteiger partial charge on any atom is 0.222 e. The van der Waals surface area contributed by atoms with E-state index in [1.807, 2.05) is 12.1 Å². The molecule has 3 rings (SSSR count). The SMILES string of the molecule is CNc1nc(N)nc2cc(-c3ccc(F)cc3O)ccc12. The standard InChI is InChI=1S/C15H13FN4O/c1-18-14-11-4-2-8(6-12(11)19-15(17)20-14)10-5-3-9(16)7-13(10)21/h2-7,21H,1H3,(H3,17,18,19,20). The fraction of sp³-hybridized carbons (Fsp3) is 0.0667. The van der Waals surface area contributed by atoms with Crippen LogP contribution in [0.1, 0.15) is 0 Å². The van der Waals surface area contributed by atoms with Gasteiger partial charge in [0.15, 0.2) is 0 Å². The zero-order valence-electron chi connectivity index (χ0n) is 11.3. The Hall–Kier alpha value is -2.89. The van der Waals surface area contributed by atoms with E-state index in [1.54, 1.807) is 13.1 Å². The molecule has 2 aromatic carbocycles. The molecule has 0 aliphatic heterocycles. The lowest BCUT2D eigenvalue weighted by Gasteiger charge is -2.09. The lowest BCUT2D eigenvalue weighted by Crippen LogP contribution is -2.01. The average molecular weight is 284 g/mol. The molecule has 6 heteroatoms. The molecule has 0 atom stereocenters. The van der Waals surface area contributed by atoms with Crippen LogP contribution in [0.25, 0.3) is 22.0 Å². The van der Waals surface area contributed by atoms with Crippen molar-refractivity contribution in [2.24, 2.45) is 0 Å². The molecule has 0 aliphatic carbocycles. The molecule has 3 aromatic rings. The first-order chi connectivity index (χ1) is 10.1. The molecule has 0 amide bonds. The zero-order chi connectivity index (χ0) is 15.0.